The van der Waals surface area contributed by atoms with Gasteiger partial charge in [-0.3, -0.25) is 14.5 Å². The number of carbonyl (C=O) groups excluding carboxylic acids is 2. The number of hydrogen-bond acceptors (Lipinski definition) is 4. The van der Waals surface area contributed by atoms with Crippen molar-refractivity contribution in [1.29, 1.82) is 0 Å². The van der Waals surface area contributed by atoms with Crippen LogP contribution in [0.15, 0.2) is 18.2 Å². The van der Waals surface area contributed by atoms with Gasteiger partial charge in [-0.2, -0.15) is 0 Å². The van der Waals surface area contributed by atoms with Gasteiger partial charge in [0, 0.05) is 63.5 Å². The lowest BCUT2D eigenvalue weighted by molar-refractivity contribution is -0.118. The average Bonchev–Trinajstić information content (AvgIpc) is 3.12. The minimum absolute atomic E-state index is 0.0279. The number of fused-ring (bicyclic) bond motifs is 1. The molecule has 0 atom stereocenters. The second kappa shape index (κ2) is 8.64. The SMILES string of the molecule is CCC(=O)N1CCc2c(C(=O)NCCN3CCN(CC)CC3)cccc21. The van der Waals surface area contributed by atoms with Crippen molar-refractivity contribution in [3.8, 4) is 0 Å². The van der Waals surface area contributed by atoms with Gasteiger partial charge in [0.2, 0.25) is 5.91 Å². The van der Waals surface area contributed by atoms with E-state index in [4.69, 9.17) is 0 Å². The lowest BCUT2D eigenvalue weighted by atomic mass is 10.0. The molecule has 1 aromatic rings. The largest absolute Gasteiger partial charge is 0.351 e. The summed E-state index contributed by atoms with van der Waals surface area (Å²) in [5.74, 6) is 0.0902. The minimum atomic E-state index is -0.0279. The number of hydrogen-bond donors (Lipinski definition) is 1. The molecule has 2 aliphatic rings. The molecule has 0 radical (unpaired) electrons. The smallest absolute Gasteiger partial charge is 0.251 e. The van der Waals surface area contributed by atoms with Crippen molar-refractivity contribution in [2.24, 2.45) is 0 Å². The summed E-state index contributed by atoms with van der Waals surface area (Å²) in [6.45, 7) is 11.8. The minimum Gasteiger partial charge on any atom is -0.351 e. The van der Waals surface area contributed by atoms with Gasteiger partial charge in [-0.25, -0.2) is 0 Å². The molecule has 0 unspecified atom stereocenters. The van der Waals surface area contributed by atoms with Crippen molar-refractivity contribution in [1.82, 2.24) is 15.1 Å². The normalized spacial score (nSPS) is 18.0. The summed E-state index contributed by atoms with van der Waals surface area (Å²) in [5.41, 5.74) is 2.62. The van der Waals surface area contributed by atoms with Gasteiger partial charge >= 0.3 is 0 Å². The molecule has 26 heavy (non-hydrogen) atoms. The van der Waals surface area contributed by atoms with Crippen LogP contribution in [0.5, 0.6) is 0 Å². The van der Waals surface area contributed by atoms with Crippen LogP contribution in [0, 0.1) is 0 Å². The number of anilines is 1. The maximum atomic E-state index is 12.6. The van der Waals surface area contributed by atoms with E-state index in [1.54, 1.807) is 4.90 Å². The molecule has 1 aromatic carbocycles. The van der Waals surface area contributed by atoms with Gasteiger partial charge in [0.05, 0.1) is 0 Å². The first kappa shape index (κ1) is 18.9. The van der Waals surface area contributed by atoms with Crippen molar-refractivity contribution < 1.29 is 9.59 Å². The lowest BCUT2D eigenvalue weighted by Gasteiger charge is -2.33. The third kappa shape index (κ3) is 4.07. The summed E-state index contributed by atoms with van der Waals surface area (Å²) in [7, 11) is 0. The zero-order valence-electron chi connectivity index (χ0n) is 16.0. The molecule has 2 amide bonds. The van der Waals surface area contributed by atoms with Crippen LogP contribution in [0.25, 0.3) is 0 Å². The quantitative estimate of drug-likeness (QED) is 0.834. The number of nitrogens with zero attached hydrogens (tertiary/aromatic N) is 3. The van der Waals surface area contributed by atoms with Gasteiger partial charge in [-0.1, -0.05) is 19.9 Å². The number of nitrogens with one attached hydrogen (secondary N) is 1. The third-order valence-electron chi connectivity index (χ3n) is 5.50. The molecule has 2 aliphatic heterocycles. The van der Waals surface area contributed by atoms with Crippen LogP contribution < -0.4 is 10.2 Å². The molecular formula is C20H30N4O2. The molecule has 0 spiro atoms. The Morgan fingerprint density at radius 2 is 1.77 bits per heavy atom. The molecule has 6 heteroatoms. The molecule has 1 fully saturated rings. The summed E-state index contributed by atoms with van der Waals surface area (Å²) in [6.07, 6.45) is 1.24. The second-order valence-corrected chi connectivity index (χ2v) is 6.98. The molecule has 0 aliphatic carbocycles. The fourth-order valence-electron chi connectivity index (χ4n) is 3.85. The number of benzene rings is 1. The lowest BCUT2D eigenvalue weighted by Crippen LogP contribution is -2.48. The Balaban J connectivity index is 1.55. The molecule has 142 valence electrons. The van der Waals surface area contributed by atoms with E-state index < -0.39 is 0 Å². The zero-order valence-corrected chi connectivity index (χ0v) is 16.0. The van der Waals surface area contributed by atoms with E-state index in [9.17, 15) is 9.59 Å². The van der Waals surface area contributed by atoms with Crippen molar-refractivity contribution in [2.75, 3.05) is 57.3 Å². The highest BCUT2D eigenvalue weighted by Crippen LogP contribution is 2.31. The van der Waals surface area contributed by atoms with E-state index in [0.717, 1.165) is 56.9 Å². The molecule has 1 N–H and O–H groups in total. The number of likely N-dealkylation sites (N-methyl/N-ethyl adjacent to an activating group) is 1. The summed E-state index contributed by atoms with van der Waals surface area (Å²) in [6, 6.07) is 5.69. The average molecular weight is 358 g/mol. The van der Waals surface area contributed by atoms with Gasteiger partial charge in [0.15, 0.2) is 0 Å². The highest BCUT2D eigenvalue weighted by atomic mass is 16.2. The monoisotopic (exact) mass is 358 g/mol. The summed E-state index contributed by atoms with van der Waals surface area (Å²) in [5, 5.41) is 3.06. The second-order valence-electron chi connectivity index (χ2n) is 6.98. The first-order chi connectivity index (χ1) is 12.6. The van der Waals surface area contributed by atoms with Crippen molar-refractivity contribution in [3.05, 3.63) is 29.3 Å². The Hall–Kier alpha value is -1.92. The van der Waals surface area contributed by atoms with Crippen LogP contribution in [0.3, 0.4) is 0 Å². The van der Waals surface area contributed by atoms with Crippen LogP contribution in [-0.4, -0.2) is 74.0 Å². The van der Waals surface area contributed by atoms with E-state index in [1.165, 1.54) is 0 Å². The maximum Gasteiger partial charge on any atom is 0.251 e. The summed E-state index contributed by atoms with van der Waals surface area (Å²) in [4.78, 5) is 31.4. The van der Waals surface area contributed by atoms with E-state index >= 15 is 0 Å². The summed E-state index contributed by atoms with van der Waals surface area (Å²) < 4.78 is 0. The van der Waals surface area contributed by atoms with Crippen molar-refractivity contribution >= 4 is 17.5 Å². The van der Waals surface area contributed by atoms with Gasteiger partial charge in [-0.15, -0.1) is 0 Å². The number of piperazine rings is 1. The molecular weight excluding hydrogens is 328 g/mol. The number of rotatable bonds is 6. The predicted octanol–water partition coefficient (Wildman–Crippen LogP) is 1.35. The fraction of sp³-hybridized carbons (Fsp3) is 0.600. The Bertz CT molecular complexity index is 653. The maximum absolute atomic E-state index is 12.6. The molecule has 2 heterocycles. The molecule has 0 saturated carbocycles. The van der Waals surface area contributed by atoms with Crippen LogP contribution in [0.4, 0.5) is 5.69 Å². The topological polar surface area (TPSA) is 55.9 Å². The van der Waals surface area contributed by atoms with Crippen LogP contribution >= 0.6 is 0 Å². The Labute approximate surface area is 156 Å². The fourth-order valence-corrected chi connectivity index (χ4v) is 3.85. The van der Waals surface area contributed by atoms with Crippen LogP contribution in [-0.2, 0) is 11.2 Å². The van der Waals surface area contributed by atoms with Gasteiger partial charge in [0.25, 0.3) is 5.91 Å². The molecule has 1 saturated heterocycles. The first-order valence-electron chi connectivity index (χ1n) is 9.79. The van der Waals surface area contributed by atoms with E-state index in [1.807, 2.05) is 25.1 Å². The first-order valence-corrected chi connectivity index (χ1v) is 9.79. The Morgan fingerprint density at radius 3 is 2.46 bits per heavy atom. The highest BCUT2D eigenvalue weighted by molar-refractivity contribution is 6.01. The van der Waals surface area contributed by atoms with Crippen molar-refractivity contribution in [3.63, 3.8) is 0 Å². The Morgan fingerprint density at radius 1 is 1.04 bits per heavy atom. The molecule has 3 rings (SSSR count). The van der Waals surface area contributed by atoms with Crippen molar-refractivity contribution in [2.45, 2.75) is 26.7 Å². The van der Waals surface area contributed by atoms with E-state index in [-0.39, 0.29) is 11.8 Å². The Kier molecular flexibility index (Phi) is 6.27. The standard InChI is InChI=1S/C20H30N4O2/c1-3-19(25)24-10-8-16-17(6-5-7-18(16)24)20(26)21-9-11-23-14-12-22(4-2)13-15-23/h5-7H,3-4,8-15H2,1-2H3,(H,21,26). The van der Waals surface area contributed by atoms with Gasteiger partial charge in [-0.05, 0) is 30.7 Å². The number of amides is 2. The molecule has 0 aromatic heterocycles. The van der Waals surface area contributed by atoms with Gasteiger partial charge < -0.3 is 15.1 Å². The predicted molar refractivity (Wildman–Crippen MR) is 104 cm³/mol. The van der Waals surface area contributed by atoms with Crippen LogP contribution in [0.2, 0.25) is 0 Å². The van der Waals surface area contributed by atoms with Gasteiger partial charge in [0.1, 0.15) is 0 Å². The number of carbonyl (C=O) groups is 2. The summed E-state index contributed by atoms with van der Waals surface area (Å²) >= 11 is 0. The zero-order chi connectivity index (χ0) is 18.5. The molecule has 0 bridgehead atoms. The van der Waals surface area contributed by atoms with E-state index in [0.29, 0.717) is 25.1 Å². The third-order valence-corrected chi connectivity index (χ3v) is 5.50. The van der Waals surface area contributed by atoms with Crippen LogP contribution in [0.1, 0.15) is 36.2 Å². The molecule has 6 nitrogen and oxygen atoms in total. The highest BCUT2D eigenvalue weighted by Gasteiger charge is 2.27. The van der Waals surface area contributed by atoms with E-state index in [2.05, 4.69) is 22.0 Å².